The van der Waals surface area contributed by atoms with E-state index >= 15 is 0 Å². The van der Waals surface area contributed by atoms with E-state index in [0.29, 0.717) is 0 Å². The third-order valence-corrected chi connectivity index (χ3v) is 1.34. The molecule has 0 aliphatic carbocycles. The first kappa shape index (κ1) is 11.4. The fourth-order valence-corrected chi connectivity index (χ4v) is 0.904. The molecule has 0 bridgehead atoms. The lowest BCUT2D eigenvalue weighted by atomic mass is 10.2. The molecule has 1 nitrogen and oxygen atoms in total. The lowest BCUT2D eigenvalue weighted by Crippen LogP contribution is -1.78. The molecule has 0 N–H and O–H groups in total. The van der Waals surface area contributed by atoms with Crippen molar-refractivity contribution in [1.82, 2.24) is 0 Å². The molecule has 0 amide bonds. The van der Waals surface area contributed by atoms with E-state index < -0.39 is 0 Å². The van der Waals surface area contributed by atoms with Crippen molar-refractivity contribution in [3.8, 4) is 12.3 Å². The topological polar surface area (TPSA) is 12.4 Å². The average Bonchev–Trinajstić information content (AvgIpc) is 2.05. The lowest BCUT2D eigenvalue weighted by Gasteiger charge is -1.91. The fourth-order valence-electron chi connectivity index (χ4n) is 0.904. The Morgan fingerprint density at radius 1 is 1.31 bits per heavy atom. The van der Waals surface area contributed by atoms with Crippen LogP contribution in [0.3, 0.4) is 0 Å². The van der Waals surface area contributed by atoms with Gasteiger partial charge in [0, 0.05) is 13.3 Å². The van der Waals surface area contributed by atoms with E-state index in [9.17, 15) is 0 Å². The molecule has 0 atom stereocenters. The highest BCUT2D eigenvalue weighted by Gasteiger charge is 1.83. The normalized spacial score (nSPS) is 14.0. The van der Waals surface area contributed by atoms with Crippen molar-refractivity contribution < 1.29 is 0 Å². The maximum absolute atomic E-state index is 5.06. The highest BCUT2D eigenvalue weighted by molar-refractivity contribution is 5.78. The lowest BCUT2D eigenvalue weighted by molar-refractivity contribution is 1.42. The van der Waals surface area contributed by atoms with Crippen molar-refractivity contribution in [1.29, 1.82) is 0 Å². The Kier molecular flexibility index (Phi) is 6.27. The van der Waals surface area contributed by atoms with Crippen LogP contribution in [0, 0.1) is 12.3 Å². The predicted molar refractivity (Wildman–Crippen MR) is 59.9 cm³/mol. The maximum atomic E-state index is 5.06. The van der Waals surface area contributed by atoms with E-state index in [0.717, 1.165) is 11.1 Å². The maximum Gasteiger partial charge on any atom is 0.0277 e. The van der Waals surface area contributed by atoms with Crippen LogP contribution in [0.15, 0.2) is 40.4 Å². The third-order valence-electron chi connectivity index (χ3n) is 1.34. The van der Waals surface area contributed by atoms with Crippen molar-refractivity contribution >= 4 is 6.21 Å². The minimum atomic E-state index is 1.13. The summed E-state index contributed by atoms with van der Waals surface area (Å²) in [7, 11) is 1.76. The van der Waals surface area contributed by atoms with E-state index in [1.165, 1.54) is 0 Å². The van der Waals surface area contributed by atoms with Gasteiger partial charge in [-0.3, -0.25) is 4.99 Å². The molecule has 68 valence electrons. The molecule has 0 aliphatic rings. The van der Waals surface area contributed by atoms with Gasteiger partial charge in [0.25, 0.3) is 0 Å². The standard InChI is InChI=1S/C12H15N/c1-5-6-7-8-11(2)9-12(3)10-13-4/h1,6-10H,2-4H3/b7-6-,11-8+,12-9-,13-10?. The van der Waals surface area contributed by atoms with E-state index in [1.54, 1.807) is 13.1 Å². The molecule has 0 heterocycles. The Morgan fingerprint density at radius 3 is 2.54 bits per heavy atom. The molecule has 1 heteroatoms. The quantitative estimate of drug-likeness (QED) is 0.353. The molecule has 0 rings (SSSR count). The van der Waals surface area contributed by atoms with Crippen LogP contribution in [0.2, 0.25) is 0 Å². The van der Waals surface area contributed by atoms with Gasteiger partial charge in [0.1, 0.15) is 0 Å². The van der Waals surface area contributed by atoms with E-state index in [4.69, 9.17) is 6.42 Å². The monoisotopic (exact) mass is 173 g/mol. The predicted octanol–water partition coefficient (Wildman–Crippen LogP) is 2.77. The number of nitrogens with zero attached hydrogens (tertiary/aromatic N) is 1. The average molecular weight is 173 g/mol. The number of hydrogen-bond donors (Lipinski definition) is 0. The summed E-state index contributed by atoms with van der Waals surface area (Å²) in [6.07, 6.45) is 14.4. The van der Waals surface area contributed by atoms with Crippen molar-refractivity contribution in [2.45, 2.75) is 13.8 Å². The molecule has 0 unspecified atom stereocenters. The molecule has 0 spiro atoms. The summed E-state index contributed by atoms with van der Waals surface area (Å²) in [5.74, 6) is 2.43. The van der Waals surface area contributed by atoms with Crippen LogP contribution in [-0.2, 0) is 0 Å². The van der Waals surface area contributed by atoms with Gasteiger partial charge in [-0.25, -0.2) is 0 Å². The number of aliphatic imine (C=N–C) groups is 1. The first-order valence-corrected chi connectivity index (χ1v) is 4.10. The zero-order valence-corrected chi connectivity index (χ0v) is 8.41. The number of hydrogen-bond acceptors (Lipinski definition) is 1. The molecule has 0 aromatic rings. The first-order chi connectivity index (χ1) is 6.20. The van der Waals surface area contributed by atoms with Gasteiger partial charge in [-0.15, -0.1) is 6.42 Å². The van der Waals surface area contributed by atoms with Gasteiger partial charge in [0.15, 0.2) is 0 Å². The van der Waals surface area contributed by atoms with Crippen molar-refractivity contribution in [3.63, 3.8) is 0 Å². The van der Waals surface area contributed by atoms with Gasteiger partial charge in [-0.05, 0) is 25.5 Å². The second kappa shape index (κ2) is 7.12. The molecule has 0 aromatic carbocycles. The molecule has 0 saturated carbocycles. The Hall–Kier alpha value is -1.55. The van der Waals surface area contributed by atoms with Crippen LogP contribution in [-0.4, -0.2) is 13.3 Å². The number of allylic oxidation sites excluding steroid dienone is 6. The van der Waals surface area contributed by atoms with E-state index in [-0.39, 0.29) is 0 Å². The second-order valence-corrected chi connectivity index (χ2v) is 2.71. The molecule has 0 radical (unpaired) electrons. The molecule has 0 aromatic heterocycles. The van der Waals surface area contributed by atoms with Gasteiger partial charge in [0.05, 0.1) is 0 Å². The Bertz CT molecular complexity index is 296. The number of rotatable bonds is 3. The smallest absolute Gasteiger partial charge is 0.0277 e. The molecule has 0 saturated heterocycles. The minimum absolute atomic E-state index is 1.13. The molecule has 0 fully saturated rings. The van der Waals surface area contributed by atoms with Gasteiger partial charge in [-0.2, -0.15) is 0 Å². The molecular weight excluding hydrogens is 158 g/mol. The summed E-state index contributed by atoms with van der Waals surface area (Å²) in [6.45, 7) is 4.03. The van der Waals surface area contributed by atoms with Crippen LogP contribution in [0.1, 0.15) is 13.8 Å². The van der Waals surface area contributed by atoms with Crippen LogP contribution in [0.25, 0.3) is 0 Å². The molecular formula is C12H15N. The Labute approximate surface area is 80.6 Å². The van der Waals surface area contributed by atoms with Crippen LogP contribution >= 0.6 is 0 Å². The van der Waals surface area contributed by atoms with Gasteiger partial charge >= 0.3 is 0 Å². The van der Waals surface area contributed by atoms with Crippen molar-refractivity contribution in [2.24, 2.45) is 4.99 Å². The summed E-state index contributed by atoms with van der Waals surface area (Å²) in [5, 5.41) is 0. The SMILES string of the molecule is C#C\C=C/C=C(C)/C=C(/C)C=NC. The third kappa shape index (κ3) is 6.83. The Balaban J connectivity index is 4.37. The van der Waals surface area contributed by atoms with Gasteiger partial charge in [0.2, 0.25) is 0 Å². The summed E-state index contributed by atoms with van der Waals surface area (Å²) in [6, 6.07) is 0. The summed E-state index contributed by atoms with van der Waals surface area (Å²) < 4.78 is 0. The highest BCUT2D eigenvalue weighted by atomic mass is 14.6. The van der Waals surface area contributed by atoms with Gasteiger partial charge in [-0.1, -0.05) is 29.7 Å². The number of terminal acetylenes is 1. The van der Waals surface area contributed by atoms with Gasteiger partial charge < -0.3 is 0 Å². The van der Waals surface area contributed by atoms with Crippen LogP contribution < -0.4 is 0 Å². The molecule has 0 aliphatic heterocycles. The summed E-state index contributed by atoms with van der Waals surface area (Å²) in [5.41, 5.74) is 2.29. The highest BCUT2D eigenvalue weighted by Crippen LogP contribution is 1.99. The fraction of sp³-hybridized carbons (Fsp3) is 0.250. The first-order valence-electron chi connectivity index (χ1n) is 4.10. The van der Waals surface area contributed by atoms with Crippen LogP contribution in [0.5, 0.6) is 0 Å². The molecule has 13 heavy (non-hydrogen) atoms. The van der Waals surface area contributed by atoms with E-state index in [1.807, 2.05) is 38.3 Å². The Morgan fingerprint density at radius 2 is 2.00 bits per heavy atom. The second-order valence-electron chi connectivity index (χ2n) is 2.71. The minimum Gasteiger partial charge on any atom is -0.296 e. The zero-order chi connectivity index (χ0) is 10.1. The zero-order valence-electron chi connectivity index (χ0n) is 8.41. The summed E-state index contributed by atoms with van der Waals surface area (Å²) in [4.78, 5) is 3.91. The largest absolute Gasteiger partial charge is 0.296 e. The van der Waals surface area contributed by atoms with Crippen LogP contribution in [0.4, 0.5) is 0 Å². The summed E-state index contributed by atoms with van der Waals surface area (Å²) >= 11 is 0. The van der Waals surface area contributed by atoms with E-state index in [2.05, 4.69) is 10.9 Å². The van der Waals surface area contributed by atoms with Crippen molar-refractivity contribution in [2.75, 3.05) is 7.05 Å². The van der Waals surface area contributed by atoms with Crippen molar-refractivity contribution in [3.05, 3.63) is 35.5 Å².